The van der Waals surface area contributed by atoms with Crippen LogP contribution in [0.1, 0.15) is 6.42 Å². The summed E-state index contributed by atoms with van der Waals surface area (Å²) >= 11 is 0. The lowest BCUT2D eigenvalue weighted by Crippen LogP contribution is -2.31. The highest BCUT2D eigenvalue weighted by atomic mass is 31.1. The smallest absolute Gasteiger partial charge is 0.189 e. The first-order valence-electron chi connectivity index (χ1n) is 4.49. The Morgan fingerprint density at radius 3 is 2.57 bits per heavy atom. The zero-order chi connectivity index (χ0) is 10.4. The molecular weight excluding hydrogens is 199 g/mol. The van der Waals surface area contributed by atoms with Gasteiger partial charge in [0.15, 0.2) is 8.03 Å². The lowest BCUT2D eigenvalue weighted by atomic mass is 10.3. The Hall–Kier alpha value is -0.830. The van der Waals surface area contributed by atoms with Crippen LogP contribution < -0.4 is 10.9 Å². The van der Waals surface area contributed by atoms with E-state index in [4.69, 9.17) is 10.7 Å². The second-order valence-corrected chi connectivity index (χ2v) is 4.31. The Balaban J connectivity index is 2.36. The van der Waals surface area contributed by atoms with Crippen LogP contribution in [-0.2, 0) is 4.57 Å². The van der Waals surface area contributed by atoms with Crippen LogP contribution >= 0.6 is 8.03 Å². The van der Waals surface area contributed by atoms with Gasteiger partial charge in [-0.1, -0.05) is 18.2 Å². The van der Waals surface area contributed by atoms with Gasteiger partial charge in [-0.2, -0.15) is 0 Å². The van der Waals surface area contributed by atoms with Crippen LogP contribution in [0.15, 0.2) is 30.3 Å². The standard InChI is InChI=1S/C9H15N2O2P/c10-11(7-4-8-14(12)13)9-5-2-1-3-6-9/h1-3,5-6,14H,4,7-8,10H2,(H,12,13). The van der Waals surface area contributed by atoms with Crippen LogP contribution in [0.2, 0.25) is 0 Å². The second kappa shape index (κ2) is 5.81. The third kappa shape index (κ3) is 3.92. The number of anilines is 1. The lowest BCUT2D eigenvalue weighted by Gasteiger charge is -2.17. The van der Waals surface area contributed by atoms with Gasteiger partial charge in [-0.3, -0.25) is 4.57 Å². The summed E-state index contributed by atoms with van der Waals surface area (Å²) in [5.74, 6) is 5.74. The van der Waals surface area contributed by atoms with Gasteiger partial charge in [0.05, 0.1) is 5.69 Å². The van der Waals surface area contributed by atoms with Crippen molar-refractivity contribution in [3.63, 3.8) is 0 Å². The number of rotatable bonds is 5. The van der Waals surface area contributed by atoms with E-state index in [1.807, 2.05) is 30.3 Å². The lowest BCUT2D eigenvalue weighted by molar-refractivity contribution is 0.501. The molecule has 0 aromatic heterocycles. The molecule has 1 aromatic carbocycles. The first-order valence-corrected chi connectivity index (χ1v) is 6.05. The van der Waals surface area contributed by atoms with Crippen molar-refractivity contribution in [2.45, 2.75) is 6.42 Å². The maximum absolute atomic E-state index is 10.4. The molecule has 4 nitrogen and oxygen atoms in total. The molecule has 0 bridgehead atoms. The first kappa shape index (κ1) is 11.2. The fourth-order valence-corrected chi connectivity index (χ4v) is 1.61. The Kier molecular flexibility index (Phi) is 4.66. The molecular formula is C9H15N2O2P. The van der Waals surface area contributed by atoms with E-state index in [2.05, 4.69) is 0 Å². The van der Waals surface area contributed by atoms with Gasteiger partial charge >= 0.3 is 0 Å². The summed E-state index contributed by atoms with van der Waals surface area (Å²) in [6.45, 7) is 0.598. The minimum Gasteiger partial charge on any atom is -0.346 e. The Morgan fingerprint density at radius 1 is 1.36 bits per heavy atom. The van der Waals surface area contributed by atoms with Crippen molar-refractivity contribution in [2.24, 2.45) is 5.84 Å². The van der Waals surface area contributed by atoms with Crippen molar-refractivity contribution < 1.29 is 9.46 Å². The first-order chi connectivity index (χ1) is 6.70. The van der Waals surface area contributed by atoms with Crippen molar-refractivity contribution in [1.82, 2.24) is 0 Å². The van der Waals surface area contributed by atoms with Gasteiger partial charge in [-0.05, 0) is 18.6 Å². The molecule has 0 saturated carbocycles. The number of para-hydroxylation sites is 1. The van der Waals surface area contributed by atoms with E-state index in [0.717, 1.165) is 5.69 Å². The van der Waals surface area contributed by atoms with Crippen molar-refractivity contribution in [2.75, 3.05) is 17.7 Å². The molecule has 78 valence electrons. The molecule has 1 atom stereocenters. The Labute approximate surface area is 84.2 Å². The van der Waals surface area contributed by atoms with Gasteiger partial charge in [-0.25, -0.2) is 5.84 Å². The predicted molar refractivity (Wildman–Crippen MR) is 58.7 cm³/mol. The number of hydrazine groups is 1. The number of nitrogens with zero attached hydrogens (tertiary/aromatic N) is 1. The van der Waals surface area contributed by atoms with Crippen LogP contribution in [0.25, 0.3) is 0 Å². The van der Waals surface area contributed by atoms with E-state index in [-0.39, 0.29) is 0 Å². The molecule has 5 heteroatoms. The largest absolute Gasteiger partial charge is 0.346 e. The summed E-state index contributed by atoms with van der Waals surface area (Å²) in [7, 11) is -2.34. The van der Waals surface area contributed by atoms with Crippen LogP contribution in [0, 0.1) is 0 Å². The zero-order valence-electron chi connectivity index (χ0n) is 7.89. The predicted octanol–water partition coefficient (Wildman–Crippen LogP) is 1.22. The summed E-state index contributed by atoms with van der Waals surface area (Å²) in [4.78, 5) is 8.62. The fraction of sp³-hybridized carbons (Fsp3) is 0.333. The van der Waals surface area contributed by atoms with E-state index in [0.29, 0.717) is 19.1 Å². The van der Waals surface area contributed by atoms with Crippen molar-refractivity contribution in [1.29, 1.82) is 0 Å². The highest BCUT2D eigenvalue weighted by molar-refractivity contribution is 7.37. The molecule has 0 heterocycles. The minimum absolute atomic E-state index is 0.338. The number of hydrogen-bond acceptors (Lipinski definition) is 3. The van der Waals surface area contributed by atoms with E-state index < -0.39 is 8.03 Å². The van der Waals surface area contributed by atoms with Gasteiger partial charge in [-0.15, -0.1) is 0 Å². The summed E-state index contributed by atoms with van der Waals surface area (Å²) in [6.07, 6.45) is 0.977. The molecule has 0 aliphatic carbocycles. The van der Waals surface area contributed by atoms with Crippen LogP contribution in [-0.4, -0.2) is 17.6 Å². The molecule has 0 fully saturated rings. The van der Waals surface area contributed by atoms with Crippen LogP contribution in [0.4, 0.5) is 5.69 Å². The molecule has 3 N–H and O–H groups in total. The average molecular weight is 214 g/mol. The molecule has 1 unspecified atom stereocenters. The summed E-state index contributed by atoms with van der Waals surface area (Å²) in [6, 6.07) is 9.54. The number of nitrogens with two attached hydrogens (primary N) is 1. The molecule has 0 aliphatic heterocycles. The van der Waals surface area contributed by atoms with Gasteiger partial charge in [0.25, 0.3) is 0 Å². The Bertz CT molecular complexity index is 292. The van der Waals surface area contributed by atoms with Crippen molar-refractivity contribution >= 4 is 13.7 Å². The highest BCUT2D eigenvalue weighted by Crippen LogP contribution is 2.15. The van der Waals surface area contributed by atoms with Crippen molar-refractivity contribution in [3.05, 3.63) is 30.3 Å². The monoisotopic (exact) mass is 214 g/mol. The van der Waals surface area contributed by atoms with Crippen LogP contribution in [0.5, 0.6) is 0 Å². The molecule has 0 amide bonds. The Morgan fingerprint density at radius 2 is 2.00 bits per heavy atom. The molecule has 1 aromatic rings. The highest BCUT2D eigenvalue weighted by Gasteiger charge is 2.00. The third-order valence-electron chi connectivity index (χ3n) is 1.88. The zero-order valence-corrected chi connectivity index (χ0v) is 8.89. The maximum atomic E-state index is 10.4. The van der Waals surface area contributed by atoms with Crippen LogP contribution in [0.3, 0.4) is 0 Å². The minimum atomic E-state index is -2.34. The van der Waals surface area contributed by atoms with Crippen molar-refractivity contribution in [3.8, 4) is 0 Å². The van der Waals surface area contributed by atoms with Gasteiger partial charge in [0, 0.05) is 12.7 Å². The molecule has 0 aliphatic rings. The van der Waals surface area contributed by atoms with E-state index in [1.165, 1.54) is 0 Å². The maximum Gasteiger partial charge on any atom is 0.189 e. The quantitative estimate of drug-likeness (QED) is 0.439. The molecule has 0 radical (unpaired) electrons. The topological polar surface area (TPSA) is 66.6 Å². The SMILES string of the molecule is NN(CCC[PH](=O)O)c1ccccc1. The summed E-state index contributed by atoms with van der Waals surface area (Å²) in [5.41, 5.74) is 0.921. The molecule has 0 spiro atoms. The molecule has 14 heavy (non-hydrogen) atoms. The summed E-state index contributed by atoms with van der Waals surface area (Å²) < 4.78 is 10.4. The number of hydrogen-bond donors (Lipinski definition) is 2. The van der Waals surface area contributed by atoms with Gasteiger partial charge in [0.1, 0.15) is 0 Å². The van der Waals surface area contributed by atoms with Gasteiger partial charge in [0.2, 0.25) is 0 Å². The molecule has 1 rings (SSSR count). The van der Waals surface area contributed by atoms with E-state index in [1.54, 1.807) is 5.01 Å². The summed E-state index contributed by atoms with van der Waals surface area (Å²) in [5, 5.41) is 1.59. The molecule has 0 saturated heterocycles. The van der Waals surface area contributed by atoms with E-state index >= 15 is 0 Å². The van der Waals surface area contributed by atoms with E-state index in [9.17, 15) is 4.57 Å². The second-order valence-electron chi connectivity index (χ2n) is 3.03. The van der Waals surface area contributed by atoms with Gasteiger partial charge < -0.3 is 9.90 Å². The average Bonchev–Trinajstić information content (AvgIpc) is 2.18. The fourth-order valence-electron chi connectivity index (χ4n) is 1.15. The number of benzene rings is 1. The third-order valence-corrected chi connectivity index (χ3v) is 2.66. The normalized spacial score (nSPS) is 12.4.